The molecule has 1 fully saturated rings. The van der Waals surface area contributed by atoms with Crippen LogP contribution in [0.15, 0.2) is 10.5 Å². The average molecular weight is 221 g/mol. The van der Waals surface area contributed by atoms with Gasteiger partial charge in [-0.25, -0.2) is 0 Å². The minimum absolute atomic E-state index is 0.415. The molecule has 2 rings (SSSR count). The molecule has 1 saturated carbocycles. The molecule has 0 saturated heterocycles. The molecule has 0 spiro atoms. The van der Waals surface area contributed by atoms with Crippen molar-refractivity contribution in [3.05, 3.63) is 23.2 Å². The Morgan fingerprint density at radius 1 is 1.38 bits per heavy atom. The monoisotopic (exact) mass is 221 g/mol. The van der Waals surface area contributed by atoms with Crippen LogP contribution in [0.5, 0.6) is 0 Å². The lowest BCUT2D eigenvalue weighted by Gasteiger charge is -2.16. The van der Waals surface area contributed by atoms with Gasteiger partial charge in [-0.2, -0.15) is 0 Å². The highest BCUT2D eigenvalue weighted by Gasteiger charge is 2.17. The predicted molar refractivity (Wildman–Crippen MR) is 66.6 cm³/mol. The van der Waals surface area contributed by atoms with Crippen LogP contribution in [0.1, 0.15) is 55.7 Å². The van der Waals surface area contributed by atoms with Gasteiger partial charge in [-0.1, -0.05) is 12.8 Å². The minimum Gasteiger partial charge on any atom is -0.466 e. The van der Waals surface area contributed by atoms with E-state index in [9.17, 15) is 0 Å². The summed E-state index contributed by atoms with van der Waals surface area (Å²) >= 11 is 0. The van der Waals surface area contributed by atoms with Gasteiger partial charge in [-0.15, -0.1) is 0 Å². The Morgan fingerprint density at radius 2 is 2.06 bits per heavy atom. The van der Waals surface area contributed by atoms with Crippen LogP contribution >= 0.6 is 0 Å². The Balaban J connectivity index is 1.87. The molecule has 2 nitrogen and oxygen atoms in total. The fourth-order valence-corrected chi connectivity index (χ4v) is 2.75. The fourth-order valence-electron chi connectivity index (χ4n) is 2.75. The standard InChI is InChI=1S/C14H23NO/c1-10-8-14(12(3)16-10)11(2)15-9-13-6-4-5-7-13/h8,11,13,15H,4-7,9H2,1-3H3. The third-order valence-corrected chi connectivity index (χ3v) is 3.73. The summed E-state index contributed by atoms with van der Waals surface area (Å²) in [6, 6.07) is 2.57. The average Bonchev–Trinajstić information content (AvgIpc) is 2.84. The quantitative estimate of drug-likeness (QED) is 0.838. The van der Waals surface area contributed by atoms with Gasteiger partial charge < -0.3 is 9.73 Å². The maximum absolute atomic E-state index is 5.57. The lowest BCUT2D eigenvalue weighted by Crippen LogP contribution is -2.24. The van der Waals surface area contributed by atoms with Crippen LogP contribution in [0, 0.1) is 19.8 Å². The van der Waals surface area contributed by atoms with Gasteiger partial charge >= 0.3 is 0 Å². The third-order valence-electron chi connectivity index (χ3n) is 3.73. The smallest absolute Gasteiger partial charge is 0.105 e. The lowest BCUT2D eigenvalue weighted by atomic mass is 10.1. The summed E-state index contributed by atoms with van der Waals surface area (Å²) in [5.74, 6) is 2.97. The highest BCUT2D eigenvalue weighted by Crippen LogP contribution is 2.26. The zero-order chi connectivity index (χ0) is 11.5. The van der Waals surface area contributed by atoms with E-state index < -0.39 is 0 Å². The summed E-state index contributed by atoms with van der Waals surface area (Å²) in [7, 11) is 0. The molecule has 1 aliphatic rings. The molecular weight excluding hydrogens is 198 g/mol. The van der Waals surface area contributed by atoms with Gasteiger partial charge in [-0.05, 0) is 52.1 Å². The molecule has 1 unspecified atom stereocenters. The van der Waals surface area contributed by atoms with Gasteiger partial charge in [-0.3, -0.25) is 0 Å². The molecule has 1 aromatic heterocycles. The third kappa shape index (κ3) is 2.67. The van der Waals surface area contributed by atoms with Crippen molar-refractivity contribution >= 4 is 0 Å². The van der Waals surface area contributed by atoms with Crippen molar-refractivity contribution < 1.29 is 4.42 Å². The molecule has 0 amide bonds. The van der Waals surface area contributed by atoms with E-state index in [1.165, 1.54) is 31.2 Å². The molecule has 0 aromatic carbocycles. The maximum Gasteiger partial charge on any atom is 0.105 e. The molecule has 1 atom stereocenters. The van der Waals surface area contributed by atoms with Crippen LogP contribution in [0.4, 0.5) is 0 Å². The highest BCUT2D eigenvalue weighted by atomic mass is 16.3. The molecule has 0 radical (unpaired) electrons. The summed E-state index contributed by atoms with van der Waals surface area (Å²) in [5.41, 5.74) is 1.32. The number of furan rings is 1. The van der Waals surface area contributed by atoms with Gasteiger partial charge in [0.25, 0.3) is 0 Å². The van der Waals surface area contributed by atoms with Gasteiger partial charge in [0.1, 0.15) is 11.5 Å². The molecule has 1 heterocycles. The molecule has 1 aliphatic carbocycles. The zero-order valence-electron chi connectivity index (χ0n) is 10.7. The summed E-state index contributed by atoms with van der Waals surface area (Å²) in [6.07, 6.45) is 5.65. The van der Waals surface area contributed by atoms with Crippen molar-refractivity contribution in [3.63, 3.8) is 0 Å². The highest BCUT2D eigenvalue weighted by molar-refractivity contribution is 5.23. The second-order valence-corrected chi connectivity index (χ2v) is 5.15. The van der Waals surface area contributed by atoms with E-state index in [0.717, 1.165) is 24.0 Å². The first-order valence-corrected chi connectivity index (χ1v) is 6.47. The molecular formula is C14H23NO. The second kappa shape index (κ2) is 5.05. The number of aryl methyl sites for hydroxylation is 2. The van der Waals surface area contributed by atoms with Gasteiger partial charge in [0, 0.05) is 11.6 Å². The predicted octanol–water partition coefficient (Wildman–Crippen LogP) is 3.74. The first kappa shape index (κ1) is 11.7. The Kier molecular flexibility index (Phi) is 3.70. The van der Waals surface area contributed by atoms with Gasteiger partial charge in [0.05, 0.1) is 0 Å². The fraction of sp³-hybridized carbons (Fsp3) is 0.714. The van der Waals surface area contributed by atoms with E-state index in [0.29, 0.717) is 6.04 Å². The van der Waals surface area contributed by atoms with Crippen molar-refractivity contribution in [2.45, 2.75) is 52.5 Å². The SMILES string of the molecule is Cc1cc(C(C)NCC2CCCC2)c(C)o1. The number of nitrogens with one attached hydrogen (secondary N) is 1. The summed E-state index contributed by atoms with van der Waals surface area (Å²) in [6.45, 7) is 7.45. The topological polar surface area (TPSA) is 25.2 Å². The minimum atomic E-state index is 0.415. The van der Waals surface area contributed by atoms with Crippen molar-refractivity contribution in [1.29, 1.82) is 0 Å². The van der Waals surface area contributed by atoms with Crippen LogP contribution in [-0.2, 0) is 0 Å². The van der Waals surface area contributed by atoms with Gasteiger partial charge in [0.2, 0.25) is 0 Å². The first-order valence-electron chi connectivity index (χ1n) is 6.47. The second-order valence-electron chi connectivity index (χ2n) is 5.15. The summed E-state index contributed by atoms with van der Waals surface area (Å²) < 4.78 is 5.57. The normalized spacial score (nSPS) is 19.2. The van der Waals surface area contributed by atoms with Gasteiger partial charge in [0.15, 0.2) is 0 Å². The maximum atomic E-state index is 5.57. The van der Waals surface area contributed by atoms with Crippen molar-refractivity contribution in [3.8, 4) is 0 Å². The molecule has 90 valence electrons. The zero-order valence-corrected chi connectivity index (χ0v) is 10.7. The molecule has 1 N–H and O–H groups in total. The van der Waals surface area contributed by atoms with Crippen molar-refractivity contribution in [2.24, 2.45) is 5.92 Å². The van der Waals surface area contributed by atoms with Crippen LogP contribution in [0.25, 0.3) is 0 Å². The molecule has 16 heavy (non-hydrogen) atoms. The molecule has 0 bridgehead atoms. The van der Waals surface area contributed by atoms with Crippen molar-refractivity contribution in [1.82, 2.24) is 5.32 Å². The van der Waals surface area contributed by atoms with E-state index >= 15 is 0 Å². The van der Waals surface area contributed by atoms with E-state index in [2.05, 4.69) is 25.2 Å². The first-order chi connectivity index (χ1) is 7.66. The number of hydrogen-bond donors (Lipinski definition) is 1. The molecule has 0 aliphatic heterocycles. The summed E-state index contributed by atoms with van der Waals surface area (Å²) in [5, 5.41) is 3.64. The van der Waals surface area contributed by atoms with Crippen LogP contribution in [0.3, 0.4) is 0 Å². The number of rotatable bonds is 4. The Morgan fingerprint density at radius 3 is 2.62 bits per heavy atom. The van der Waals surface area contributed by atoms with Crippen LogP contribution < -0.4 is 5.32 Å². The van der Waals surface area contributed by atoms with E-state index in [1.807, 2.05) is 6.92 Å². The summed E-state index contributed by atoms with van der Waals surface area (Å²) in [4.78, 5) is 0. The van der Waals surface area contributed by atoms with E-state index in [4.69, 9.17) is 4.42 Å². The Hall–Kier alpha value is -0.760. The number of hydrogen-bond acceptors (Lipinski definition) is 2. The van der Waals surface area contributed by atoms with Crippen LogP contribution in [-0.4, -0.2) is 6.54 Å². The molecule has 1 aromatic rings. The largest absolute Gasteiger partial charge is 0.466 e. The Bertz CT molecular complexity index is 337. The van der Waals surface area contributed by atoms with E-state index in [-0.39, 0.29) is 0 Å². The van der Waals surface area contributed by atoms with Crippen LogP contribution in [0.2, 0.25) is 0 Å². The molecule has 2 heteroatoms. The Labute approximate surface area is 98.4 Å². The van der Waals surface area contributed by atoms with E-state index in [1.54, 1.807) is 0 Å². The lowest BCUT2D eigenvalue weighted by molar-refractivity contribution is 0.444. The van der Waals surface area contributed by atoms with Crippen molar-refractivity contribution in [2.75, 3.05) is 6.54 Å².